The Labute approximate surface area is 219 Å². The maximum Gasteiger partial charge on any atom is 0.191 e. The number of aromatic nitrogens is 3. The normalized spacial score (nSPS) is 14.7. The van der Waals surface area contributed by atoms with E-state index in [0.29, 0.717) is 6.61 Å². The van der Waals surface area contributed by atoms with E-state index in [0.717, 1.165) is 66.9 Å². The monoisotopic (exact) mass is 510 g/mol. The van der Waals surface area contributed by atoms with E-state index in [1.807, 2.05) is 44.4 Å². The van der Waals surface area contributed by atoms with E-state index in [2.05, 4.69) is 57.1 Å². The maximum atomic E-state index is 8.00. The van der Waals surface area contributed by atoms with Gasteiger partial charge in [-0.25, -0.2) is 0 Å². The fraction of sp³-hybridized carbons (Fsp3) is 0.444. The second-order valence-corrected chi connectivity index (χ2v) is 9.18. The molecule has 2 aromatic rings. The van der Waals surface area contributed by atoms with Gasteiger partial charge in [0.25, 0.3) is 0 Å². The third-order valence-corrected chi connectivity index (χ3v) is 6.88. The van der Waals surface area contributed by atoms with Crippen molar-refractivity contribution in [1.29, 1.82) is 0 Å². The Morgan fingerprint density at radius 3 is 2.61 bits per heavy atom. The molecule has 2 heterocycles. The van der Waals surface area contributed by atoms with Gasteiger partial charge in [0.2, 0.25) is 0 Å². The Bertz CT molecular complexity index is 1080. The number of aliphatic imine (C=N–C) groups is 1. The van der Waals surface area contributed by atoms with Crippen LogP contribution >= 0.6 is 11.8 Å². The van der Waals surface area contributed by atoms with Crippen LogP contribution in [0.1, 0.15) is 49.7 Å². The minimum Gasteiger partial charge on any atom is -0.396 e. The second-order valence-electron chi connectivity index (χ2n) is 8.12. The van der Waals surface area contributed by atoms with Crippen LogP contribution in [0.4, 0.5) is 0 Å². The van der Waals surface area contributed by atoms with Crippen molar-refractivity contribution in [2.24, 2.45) is 17.2 Å². The predicted molar refractivity (Wildman–Crippen MR) is 150 cm³/mol. The fourth-order valence-corrected chi connectivity index (χ4v) is 4.96. The molecule has 0 amide bonds. The largest absolute Gasteiger partial charge is 0.396 e. The van der Waals surface area contributed by atoms with Gasteiger partial charge in [0.1, 0.15) is 13.4 Å². The third-order valence-electron chi connectivity index (χ3n) is 5.88. The molecule has 0 aliphatic carbocycles. The summed E-state index contributed by atoms with van der Waals surface area (Å²) in [5.41, 5.74) is 5.98. The van der Waals surface area contributed by atoms with Gasteiger partial charge in [-0.3, -0.25) is 4.99 Å². The number of oxime groups is 1. The molecule has 1 aromatic carbocycles. The van der Waals surface area contributed by atoms with Crippen LogP contribution in [0.3, 0.4) is 0 Å². The summed E-state index contributed by atoms with van der Waals surface area (Å²) in [6.07, 6.45) is 8.64. The molecule has 9 heteroatoms. The van der Waals surface area contributed by atoms with E-state index >= 15 is 0 Å². The van der Waals surface area contributed by atoms with Crippen LogP contribution in [0.15, 0.2) is 51.9 Å². The van der Waals surface area contributed by atoms with E-state index in [9.17, 15) is 0 Å². The first kappa shape index (κ1) is 29.2. The first-order valence-corrected chi connectivity index (χ1v) is 13.2. The number of thioether (sulfide) groups is 1. The van der Waals surface area contributed by atoms with Gasteiger partial charge in [-0.1, -0.05) is 48.1 Å². The standard InChI is InChI=1S/C26H36N6OS.CH2O/c1-6-9-23(19-27-4)25-28-29-26(31(25)5)34-17-16-32-14-12-20-10-11-22(18-21(20)13-15-32)24(7-2)30-33-8-3;1-2/h6,9-11,18-19H,4,7-8,12-17H2,1-3,5H3;1H2/b9-6-,23-19+,30-24+;. The second kappa shape index (κ2) is 15.9. The highest BCUT2D eigenvalue weighted by molar-refractivity contribution is 7.99. The number of hydrogen-bond acceptors (Lipinski definition) is 8. The molecule has 0 unspecified atom stereocenters. The van der Waals surface area contributed by atoms with Crippen molar-refractivity contribution in [3.05, 3.63) is 59.1 Å². The van der Waals surface area contributed by atoms with Crippen molar-refractivity contribution >= 4 is 36.6 Å². The third kappa shape index (κ3) is 7.99. The molecule has 0 saturated heterocycles. The number of rotatable bonds is 11. The summed E-state index contributed by atoms with van der Waals surface area (Å²) in [6.45, 7) is 15.4. The molecule has 194 valence electrons. The van der Waals surface area contributed by atoms with Crippen molar-refractivity contribution < 1.29 is 9.63 Å². The van der Waals surface area contributed by atoms with Gasteiger partial charge in [-0.05, 0) is 62.6 Å². The van der Waals surface area contributed by atoms with E-state index in [1.165, 1.54) is 16.7 Å². The summed E-state index contributed by atoms with van der Waals surface area (Å²) in [5, 5.41) is 14.0. The van der Waals surface area contributed by atoms with Crippen molar-refractivity contribution in [1.82, 2.24) is 19.7 Å². The smallest absolute Gasteiger partial charge is 0.191 e. The van der Waals surface area contributed by atoms with Crippen LogP contribution < -0.4 is 0 Å². The van der Waals surface area contributed by atoms with E-state index in [1.54, 1.807) is 18.0 Å². The lowest BCUT2D eigenvalue weighted by Gasteiger charge is -2.19. The van der Waals surface area contributed by atoms with Crippen LogP contribution in [0, 0.1) is 0 Å². The summed E-state index contributed by atoms with van der Waals surface area (Å²) in [5.74, 6) is 1.77. The number of nitrogens with zero attached hydrogens (tertiary/aromatic N) is 6. The molecule has 0 fully saturated rings. The number of hydrogen-bond donors (Lipinski definition) is 0. The van der Waals surface area contributed by atoms with Crippen LogP contribution in [0.5, 0.6) is 0 Å². The Morgan fingerprint density at radius 1 is 1.19 bits per heavy atom. The lowest BCUT2D eigenvalue weighted by molar-refractivity contribution is -0.0979. The number of fused-ring (bicyclic) bond motifs is 1. The average Bonchev–Trinajstić information content (AvgIpc) is 3.14. The molecule has 0 radical (unpaired) electrons. The lowest BCUT2D eigenvalue weighted by Crippen LogP contribution is -2.28. The molecule has 0 atom stereocenters. The highest BCUT2D eigenvalue weighted by Gasteiger charge is 2.17. The molecule has 0 saturated carbocycles. The minimum absolute atomic E-state index is 0.594. The summed E-state index contributed by atoms with van der Waals surface area (Å²) >= 11 is 1.74. The quantitative estimate of drug-likeness (QED) is 0.190. The Morgan fingerprint density at radius 2 is 1.94 bits per heavy atom. The van der Waals surface area contributed by atoms with Gasteiger partial charge in [0.15, 0.2) is 11.0 Å². The average molecular weight is 511 g/mol. The Hall–Kier alpha value is -3.04. The Kier molecular flexibility index (Phi) is 12.9. The minimum atomic E-state index is 0.594. The summed E-state index contributed by atoms with van der Waals surface area (Å²) < 4.78 is 2.02. The van der Waals surface area contributed by atoms with Crippen LogP contribution in [0.25, 0.3) is 5.57 Å². The predicted octanol–water partition coefficient (Wildman–Crippen LogP) is 4.59. The van der Waals surface area contributed by atoms with Crippen LogP contribution in [-0.4, -0.2) is 70.9 Å². The van der Waals surface area contributed by atoms with E-state index in [4.69, 9.17) is 9.63 Å². The van der Waals surface area contributed by atoms with Gasteiger partial charge < -0.3 is 19.1 Å². The number of allylic oxidation sites excluding steroid dienone is 3. The molecule has 3 rings (SSSR count). The molecule has 0 bridgehead atoms. The summed E-state index contributed by atoms with van der Waals surface area (Å²) in [6, 6.07) is 6.77. The van der Waals surface area contributed by atoms with Gasteiger partial charge in [0.05, 0.1) is 5.71 Å². The van der Waals surface area contributed by atoms with E-state index < -0.39 is 0 Å². The summed E-state index contributed by atoms with van der Waals surface area (Å²) in [7, 11) is 2.00. The molecular weight excluding hydrogens is 472 g/mol. The number of carbonyl (C=O) groups excluding carboxylic acids is 1. The zero-order valence-corrected chi connectivity index (χ0v) is 22.8. The Balaban J connectivity index is 0.00000222. The van der Waals surface area contributed by atoms with Crippen molar-refractivity contribution in [3.8, 4) is 0 Å². The molecule has 36 heavy (non-hydrogen) atoms. The highest BCUT2D eigenvalue weighted by Crippen LogP contribution is 2.23. The maximum absolute atomic E-state index is 8.00. The zero-order valence-electron chi connectivity index (χ0n) is 21.9. The SMILES string of the molecule is C=N/C=C(\C=C/C)c1nnc(SCCN2CCc3ccc(/C(CC)=N/OCC)cc3CC2)n1C.C=O. The first-order chi connectivity index (χ1) is 17.6. The van der Waals surface area contributed by atoms with Gasteiger partial charge in [0, 0.05) is 44.2 Å². The van der Waals surface area contributed by atoms with E-state index in [-0.39, 0.29) is 0 Å². The zero-order chi connectivity index (χ0) is 26.3. The van der Waals surface area contributed by atoms with Crippen molar-refractivity contribution in [2.75, 3.05) is 32.0 Å². The first-order valence-electron chi connectivity index (χ1n) is 12.2. The molecule has 1 aliphatic heterocycles. The van der Waals surface area contributed by atoms with Crippen LogP contribution in [-0.2, 0) is 29.5 Å². The van der Waals surface area contributed by atoms with Crippen LogP contribution in [0.2, 0.25) is 0 Å². The van der Waals surface area contributed by atoms with Crippen molar-refractivity contribution in [2.45, 2.75) is 45.2 Å². The topological polar surface area (TPSA) is 85.0 Å². The number of benzene rings is 1. The molecule has 8 nitrogen and oxygen atoms in total. The molecule has 0 spiro atoms. The molecular formula is C27H38N6O2S. The molecule has 1 aromatic heterocycles. The summed E-state index contributed by atoms with van der Waals surface area (Å²) in [4.78, 5) is 19.7. The van der Waals surface area contributed by atoms with Crippen molar-refractivity contribution in [3.63, 3.8) is 0 Å². The fourth-order valence-electron chi connectivity index (χ4n) is 4.05. The highest BCUT2D eigenvalue weighted by atomic mass is 32.2. The van der Waals surface area contributed by atoms with Gasteiger partial charge >= 0.3 is 0 Å². The lowest BCUT2D eigenvalue weighted by atomic mass is 9.97. The van der Waals surface area contributed by atoms with Gasteiger partial charge in [-0.2, -0.15) is 0 Å². The molecule has 1 aliphatic rings. The molecule has 0 N–H and O–H groups in total. The van der Waals surface area contributed by atoms with Gasteiger partial charge in [-0.15, -0.1) is 10.2 Å². The number of carbonyl (C=O) groups is 1.